The number of carbonyl (C=O) groups excluding carboxylic acids is 1. The van der Waals surface area contributed by atoms with Crippen molar-refractivity contribution in [1.29, 1.82) is 0 Å². The van der Waals surface area contributed by atoms with Gasteiger partial charge >= 0.3 is 5.97 Å². The Bertz CT molecular complexity index is 647. The van der Waals surface area contributed by atoms with E-state index in [1.54, 1.807) is 11.8 Å². The van der Waals surface area contributed by atoms with Crippen LogP contribution in [0.5, 0.6) is 0 Å². The number of halogens is 2. The first-order valence-corrected chi connectivity index (χ1v) is 8.31. The summed E-state index contributed by atoms with van der Waals surface area (Å²) in [6.45, 7) is 2.68. The van der Waals surface area contributed by atoms with Gasteiger partial charge in [0, 0.05) is 24.5 Å². The molecule has 2 unspecified atom stereocenters. The van der Waals surface area contributed by atoms with Gasteiger partial charge in [-0.2, -0.15) is 0 Å². The zero-order valence-electron chi connectivity index (χ0n) is 13.3. The summed E-state index contributed by atoms with van der Waals surface area (Å²) in [5, 5.41) is 9.14. The predicted octanol–water partition coefficient (Wildman–Crippen LogP) is 2.44. The fraction of sp³-hybridized carbons (Fsp3) is 0.412. The summed E-state index contributed by atoms with van der Waals surface area (Å²) in [5.74, 6) is -3.25. The fourth-order valence-corrected chi connectivity index (χ4v) is 3.15. The lowest BCUT2D eigenvalue weighted by molar-refractivity contribution is -0.143. The second kappa shape index (κ2) is 7.84. The van der Waals surface area contributed by atoms with Gasteiger partial charge in [0.05, 0.1) is 5.92 Å². The normalized spacial score (nSPS) is 17.2. The molecule has 4 nitrogen and oxygen atoms in total. The number of carbonyl (C=O) groups is 2. The molecule has 0 aliphatic carbocycles. The Morgan fingerprint density at radius 3 is 2.50 bits per heavy atom. The topological polar surface area (TPSA) is 57.6 Å². The number of hydrogen-bond acceptors (Lipinski definition) is 2. The lowest BCUT2D eigenvalue weighted by Gasteiger charge is -2.33. The first-order chi connectivity index (χ1) is 11.3. The van der Waals surface area contributed by atoms with Crippen molar-refractivity contribution in [2.45, 2.75) is 19.8 Å². The maximum Gasteiger partial charge on any atom is 0.306 e. The maximum absolute atomic E-state index is 13.3. The Hall–Kier alpha value is -1.81. The molecule has 1 aliphatic heterocycles. The second-order valence-corrected chi connectivity index (χ2v) is 6.65. The minimum absolute atomic E-state index is 0.0707. The van der Waals surface area contributed by atoms with Gasteiger partial charge in [-0.3, -0.25) is 9.59 Å². The first kappa shape index (κ1) is 18.5. The lowest BCUT2D eigenvalue weighted by Crippen LogP contribution is -2.40. The number of hydrogen-bond donors (Lipinski definition) is 1. The molecule has 130 valence electrons. The average Bonchev–Trinajstić information content (AvgIpc) is 2.56. The van der Waals surface area contributed by atoms with Crippen molar-refractivity contribution in [1.82, 2.24) is 4.90 Å². The number of piperidine rings is 1. The number of nitrogens with zero attached hydrogens (tertiary/aromatic N) is 1. The third-order valence-corrected chi connectivity index (χ3v) is 4.87. The molecule has 0 bridgehead atoms. The Labute approximate surface area is 141 Å². The molecule has 1 aliphatic rings. The quantitative estimate of drug-likeness (QED) is 0.667. The van der Waals surface area contributed by atoms with Crippen LogP contribution in [0.15, 0.2) is 18.2 Å². The smallest absolute Gasteiger partial charge is 0.306 e. The van der Waals surface area contributed by atoms with E-state index in [9.17, 15) is 18.4 Å². The molecule has 1 saturated heterocycles. The third-order valence-electron chi connectivity index (χ3n) is 4.44. The van der Waals surface area contributed by atoms with Crippen molar-refractivity contribution in [2.75, 3.05) is 13.1 Å². The Kier molecular flexibility index (Phi) is 6.05. The van der Waals surface area contributed by atoms with Gasteiger partial charge in [0.1, 0.15) is 0 Å². The van der Waals surface area contributed by atoms with Crippen LogP contribution in [-0.4, -0.2) is 35.0 Å². The number of benzene rings is 1. The number of likely N-dealkylation sites (tertiary alicyclic amines) is 1. The van der Waals surface area contributed by atoms with Crippen molar-refractivity contribution in [3.63, 3.8) is 0 Å². The number of rotatable bonds is 4. The van der Waals surface area contributed by atoms with Crippen LogP contribution >= 0.6 is 9.24 Å². The highest BCUT2D eigenvalue weighted by Gasteiger charge is 2.28. The lowest BCUT2D eigenvalue weighted by atomic mass is 9.85. The van der Waals surface area contributed by atoms with Gasteiger partial charge in [0.25, 0.3) is 0 Å². The van der Waals surface area contributed by atoms with Crippen molar-refractivity contribution < 1.29 is 23.5 Å². The van der Waals surface area contributed by atoms with E-state index in [-0.39, 0.29) is 17.1 Å². The highest BCUT2D eigenvalue weighted by atomic mass is 31.0. The molecule has 0 radical (unpaired) electrons. The first-order valence-electron chi connectivity index (χ1n) is 7.74. The van der Waals surface area contributed by atoms with Gasteiger partial charge in [-0.25, -0.2) is 8.78 Å². The molecular weight excluding hydrogens is 335 g/mol. The number of carboxylic acid groups (broad SMARTS) is 1. The van der Waals surface area contributed by atoms with E-state index in [0.717, 1.165) is 6.07 Å². The van der Waals surface area contributed by atoms with E-state index < -0.39 is 23.5 Å². The van der Waals surface area contributed by atoms with E-state index >= 15 is 0 Å². The molecule has 0 spiro atoms. The molecule has 1 N–H and O–H groups in total. The Morgan fingerprint density at radius 1 is 1.33 bits per heavy atom. The van der Waals surface area contributed by atoms with Crippen molar-refractivity contribution in [3.8, 4) is 0 Å². The van der Waals surface area contributed by atoms with E-state index in [1.807, 2.05) is 0 Å². The molecule has 1 heterocycles. The van der Waals surface area contributed by atoms with Gasteiger partial charge < -0.3 is 10.0 Å². The van der Waals surface area contributed by atoms with Crippen LogP contribution < -0.4 is 5.30 Å². The highest BCUT2D eigenvalue weighted by molar-refractivity contribution is 7.27. The van der Waals surface area contributed by atoms with Crippen LogP contribution in [0.25, 0.3) is 6.08 Å². The molecule has 7 heteroatoms. The summed E-state index contributed by atoms with van der Waals surface area (Å²) in [5.41, 5.74) is 0.404. The standard InChI is InChI=1S/C17H20F2NO3P/c1-10(17(22)23)12-4-6-20(7-5-12)15(21)3-2-11-8-13(18)16(19)14(24)9-11/h2-3,8-10,12H,4-7,24H2,1H3,(H,22,23)/b3-2+. The number of aliphatic carboxylic acids is 1. The van der Waals surface area contributed by atoms with Gasteiger partial charge in [-0.05, 0) is 42.5 Å². The van der Waals surface area contributed by atoms with Crippen LogP contribution in [0, 0.1) is 23.5 Å². The molecule has 1 aromatic carbocycles. The molecule has 0 saturated carbocycles. The summed E-state index contributed by atoms with van der Waals surface area (Å²) < 4.78 is 26.6. The molecule has 1 fully saturated rings. The maximum atomic E-state index is 13.3. The summed E-state index contributed by atoms with van der Waals surface area (Å²) in [4.78, 5) is 24.8. The number of amides is 1. The highest BCUT2D eigenvalue weighted by Crippen LogP contribution is 2.25. The van der Waals surface area contributed by atoms with Crippen LogP contribution in [0.1, 0.15) is 25.3 Å². The van der Waals surface area contributed by atoms with E-state index in [1.165, 1.54) is 18.2 Å². The average molecular weight is 355 g/mol. The summed E-state index contributed by atoms with van der Waals surface area (Å²) in [7, 11) is 2.11. The Balaban J connectivity index is 1.95. The van der Waals surface area contributed by atoms with E-state index in [4.69, 9.17) is 5.11 Å². The zero-order valence-corrected chi connectivity index (χ0v) is 14.5. The molecule has 1 aromatic rings. The van der Waals surface area contributed by atoms with Crippen LogP contribution in [0.3, 0.4) is 0 Å². The Morgan fingerprint density at radius 2 is 1.96 bits per heavy atom. The van der Waals surface area contributed by atoms with E-state index in [0.29, 0.717) is 31.5 Å². The van der Waals surface area contributed by atoms with Gasteiger partial charge in [-0.1, -0.05) is 6.92 Å². The second-order valence-electron chi connectivity index (χ2n) is 6.03. The van der Waals surface area contributed by atoms with Crippen molar-refractivity contribution in [2.24, 2.45) is 11.8 Å². The largest absolute Gasteiger partial charge is 0.481 e. The molecular formula is C17H20F2NO3P. The van der Waals surface area contributed by atoms with Crippen LogP contribution in [0.4, 0.5) is 8.78 Å². The van der Waals surface area contributed by atoms with Gasteiger partial charge in [0.2, 0.25) is 5.91 Å². The minimum Gasteiger partial charge on any atom is -0.481 e. The van der Waals surface area contributed by atoms with Gasteiger partial charge in [0.15, 0.2) is 11.6 Å². The molecule has 0 aromatic heterocycles. The van der Waals surface area contributed by atoms with Crippen molar-refractivity contribution >= 4 is 32.5 Å². The van der Waals surface area contributed by atoms with Crippen LogP contribution in [0.2, 0.25) is 0 Å². The minimum atomic E-state index is -0.960. The predicted molar refractivity (Wildman–Crippen MR) is 90.8 cm³/mol. The summed E-state index contributed by atoms with van der Waals surface area (Å²) in [6, 6.07) is 2.47. The molecule has 2 atom stereocenters. The van der Waals surface area contributed by atoms with Gasteiger partial charge in [-0.15, -0.1) is 9.24 Å². The monoisotopic (exact) mass is 355 g/mol. The molecule has 1 amide bonds. The zero-order chi connectivity index (χ0) is 17.9. The number of carboxylic acids is 1. The van der Waals surface area contributed by atoms with Crippen molar-refractivity contribution in [3.05, 3.63) is 35.4 Å². The van der Waals surface area contributed by atoms with E-state index in [2.05, 4.69) is 9.24 Å². The summed E-state index contributed by atoms with van der Waals surface area (Å²) in [6.07, 6.45) is 4.07. The summed E-state index contributed by atoms with van der Waals surface area (Å²) >= 11 is 0. The van der Waals surface area contributed by atoms with Crippen LogP contribution in [-0.2, 0) is 9.59 Å². The SMILES string of the molecule is CC(C(=O)O)C1CCN(C(=O)/C=C/c2cc(F)c(F)c(P)c2)CC1. The molecule has 24 heavy (non-hydrogen) atoms. The fourth-order valence-electron chi connectivity index (χ4n) is 2.82. The third kappa shape index (κ3) is 4.38. The molecule has 2 rings (SSSR count).